The lowest BCUT2D eigenvalue weighted by Gasteiger charge is -2.12. The molecule has 2 atom stereocenters. The lowest BCUT2D eigenvalue weighted by Crippen LogP contribution is -2.28. The fraction of sp³-hybridized carbons (Fsp3) is 0.375. The molecule has 2 rings (SSSR count). The normalized spacial score (nSPS) is 34.0. The molecular formula is C8H11N3. The van der Waals surface area contributed by atoms with Crippen LogP contribution in [0.4, 0.5) is 0 Å². The molecule has 3 heteroatoms. The molecule has 0 spiro atoms. The van der Waals surface area contributed by atoms with E-state index in [4.69, 9.17) is 5.73 Å². The monoisotopic (exact) mass is 149 g/mol. The summed E-state index contributed by atoms with van der Waals surface area (Å²) in [7, 11) is 0. The maximum Gasteiger partial charge on any atom is 0.0677 e. The summed E-state index contributed by atoms with van der Waals surface area (Å²) in [6.07, 6.45) is 8.66. The van der Waals surface area contributed by atoms with Crippen LogP contribution in [0.15, 0.2) is 29.2 Å². The lowest BCUT2D eigenvalue weighted by atomic mass is 9.99. The minimum atomic E-state index is 0.354. The molecule has 0 radical (unpaired) electrons. The molecule has 0 fully saturated rings. The first kappa shape index (κ1) is 6.46. The van der Waals surface area contributed by atoms with Crippen molar-refractivity contribution in [2.45, 2.75) is 12.5 Å². The van der Waals surface area contributed by atoms with Crippen LogP contribution in [0.25, 0.3) is 0 Å². The van der Waals surface area contributed by atoms with Gasteiger partial charge in [-0.3, -0.25) is 4.99 Å². The van der Waals surface area contributed by atoms with Crippen molar-refractivity contribution in [1.29, 1.82) is 0 Å². The van der Waals surface area contributed by atoms with Gasteiger partial charge in [-0.15, -0.1) is 0 Å². The first-order valence-electron chi connectivity index (χ1n) is 3.77. The molecular weight excluding hydrogens is 138 g/mol. The van der Waals surface area contributed by atoms with Gasteiger partial charge in [0.05, 0.1) is 6.04 Å². The number of rotatable bonds is 0. The number of aliphatic imine (C=N–C) groups is 1. The minimum absolute atomic E-state index is 0.354. The van der Waals surface area contributed by atoms with Crippen LogP contribution < -0.4 is 11.1 Å². The summed E-state index contributed by atoms with van der Waals surface area (Å²) in [5.74, 6) is 0.498. The average Bonchev–Trinajstić information content (AvgIpc) is 2.31. The van der Waals surface area contributed by atoms with Gasteiger partial charge in [-0.25, -0.2) is 0 Å². The van der Waals surface area contributed by atoms with Gasteiger partial charge in [0, 0.05) is 24.0 Å². The fourth-order valence-corrected chi connectivity index (χ4v) is 1.44. The summed E-state index contributed by atoms with van der Waals surface area (Å²) >= 11 is 0. The van der Waals surface area contributed by atoms with Crippen molar-refractivity contribution in [2.24, 2.45) is 16.6 Å². The van der Waals surface area contributed by atoms with Crippen LogP contribution in [0, 0.1) is 5.92 Å². The quantitative estimate of drug-likeness (QED) is 0.522. The van der Waals surface area contributed by atoms with Crippen LogP contribution in [0.2, 0.25) is 0 Å². The van der Waals surface area contributed by atoms with E-state index >= 15 is 0 Å². The third-order valence-corrected chi connectivity index (χ3v) is 2.05. The Morgan fingerprint density at radius 1 is 1.64 bits per heavy atom. The highest BCUT2D eigenvalue weighted by Gasteiger charge is 2.22. The molecule has 0 aromatic carbocycles. The van der Waals surface area contributed by atoms with Crippen LogP contribution in [-0.4, -0.2) is 12.3 Å². The highest BCUT2D eigenvalue weighted by Crippen LogP contribution is 2.19. The molecule has 2 heterocycles. The van der Waals surface area contributed by atoms with E-state index in [-0.39, 0.29) is 0 Å². The smallest absolute Gasteiger partial charge is 0.0677 e. The topological polar surface area (TPSA) is 50.4 Å². The summed E-state index contributed by atoms with van der Waals surface area (Å²) in [5, 5.41) is 3.20. The molecule has 2 aliphatic rings. The second kappa shape index (κ2) is 2.42. The van der Waals surface area contributed by atoms with Crippen LogP contribution >= 0.6 is 0 Å². The Labute approximate surface area is 65.7 Å². The van der Waals surface area contributed by atoms with Crippen molar-refractivity contribution in [3.63, 3.8) is 0 Å². The van der Waals surface area contributed by atoms with Gasteiger partial charge in [0.2, 0.25) is 0 Å². The fourth-order valence-electron chi connectivity index (χ4n) is 1.44. The highest BCUT2D eigenvalue weighted by molar-refractivity contribution is 5.68. The molecule has 3 N–H and O–H groups in total. The van der Waals surface area contributed by atoms with Gasteiger partial charge in [-0.1, -0.05) is 6.08 Å². The van der Waals surface area contributed by atoms with E-state index in [2.05, 4.69) is 16.4 Å². The molecule has 0 amide bonds. The van der Waals surface area contributed by atoms with Gasteiger partial charge in [-0.05, 0) is 12.6 Å². The second-order valence-electron chi connectivity index (χ2n) is 2.92. The summed E-state index contributed by atoms with van der Waals surface area (Å²) in [6.45, 7) is 0. The molecule has 11 heavy (non-hydrogen) atoms. The molecule has 58 valence electrons. The zero-order valence-corrected chi connectivity index (χ0v) is 6.20. The standard InChI is InChI=1S/C8H11N3/c9-7-3-6-1-2-11-8(6)5-10-4-7/h1-2,4-6,8,11H,3,9H2. The molecule has 0 bridgehead atoms. The molecule has 0 aliphatic carbocycles. The Balaban J connectivity index is 2.19. The number of hydrogen-bond acceptors (Lipinski definition) is 3. The van der Waals surface area contributed by atoms with E-state index < -0.39 is 0 Å². The number of hydrogen-bond donors (Lipinski definition) is 2. The molecule has 2 aliphatic heterocycles. The maximum absolute atomic E-state index is 5.68. The van der Waals surface area contributed by atoms with Gasteiger partial charge < -0.3 is 11.1 Å². The van der Waals surface area contributed by atoms with E-state index in [1.165, 1.54) is 0 Å². The largest absolute Gasteiger partial charge is 0.401 e. The third-order valence-electron chi connectivity index (χ3n) is 2.05. The maximum atomic E-state index is 5.68. The van der Waals surface area contributed by atoms with Crippen molar-refractivity contribution < 1.29 is 0 Å². The molecule has 0 saturated heterocycles. The zero-order valence-electron chi connectivity index (χ0n) is 6.20. The van der Waals surface area contributed by atoms with Crippen LogP contribution in [0.5, 0.6) is 0 Å². The van der Waals surface area contributed by atoms with Gasteiger partial charge in [0.1, 0.15) is 0 Å². The first-order chi connectivity index (χ1) is 5.36. The number of nitrogens with one attached hydrogen (secondary N) is 1. The van der Waals surface area contributed by atoms with E-state index in [0.29, 0.717) is 12.0 Å². The predicted octanol–water partition coefficient (Wildman–Crippen LogP) is 0.363. The van der Waals surface area contributed by atoms with Gasteiger partial charge in [0.15, 0.2) is 0 Å². The van der Waals surface area contributed by atoms with Crippen LogP contribution in [0.3, 0.4) is 0 Å². The predicted molar refractivity (Wildman–Crippen MR) is 44.9 cm³/mol. The number of fused-ring (bicyclic) bond motifs is 1. The number of nitrogens with two attached hydrogens (primary N) is 1. The Morgan fingerprint density at radius 3 is 3.45 bits per heavy atom. The van der Waals surface area contributed by atoms with Crippen molar-refractivity contribution in [3.05, 3.63) is 24.2 Å². The average molecular weight is 149 g/mol. The Kier molecular flexibility index (Phi) is 1.42. The van der Waals surface area contributed by atoms with Crippen molar-refractivity contribution in [3.8, 4) is 0 Å². The Bertz CT molecular complexity index is 240. The highest BCUT2D eigenvalue weighted by atomic mass is 14.9. The van der Waals surface area contributed by atoms with E-state index in [0.717, 1.165) is 12.1 Å². The molecule has 3 nitrogen and oxygen atoms in total. The Hall–Kier alpha value is -1.25. The van der Waals surface area contributed by atoms with Crippen molar-refractivity contribution in [1.82, 2.24) is 5.32 Å². The zero-order chi connectivity index (χ0) is 7.68. The summed E-state index contributed by atoms with van der Waals surface area (Å²) in [4.78, 5) is 4.08. The summed E-state index contributed by atoms with van der Waals surface area (Å²) < 4.78 is 0. The number of nitrogens with zero attached hydrogens (tertiary/aromatic N) is 1. The second-order valence-corrected chi connectivity index (χ2v) is 2.92. The van der Waals surface area contributed by atoms with E-state index in [1.807, 2.05) is 12.4 Å². The Morgan fingerprint density at radius 2 is 2.55 bits per heavy atom. The van der Waals surface area contributed by atoms with E-state index in [9.17, 15) is 0 Å². The first-order valence-corrected chi connectivity index (χ1v) is 3.77. The van der Waals surface area contributed by atoms with Crippen molar-refractivity contribution >= 4 is 6.21 Å². The SMILES string of the molecule is NC1=CN=CC2NC=CC2C1. The third kappa shape index (κ3) is 1.13. The molecule has 2 unspecified atom stereocenters. The lowest BCUT2D eigenvalue weighted by molar-refractivity contribution is 0.589. The van der Waals surface area contributed by atoms with Gasteiger partial charge in [0.25, 0.3) is 0 Å². The minimum Gasteiger partial charge on any atom is -0.401 e. The van der Waals surface area contributed by atoms with Crippen molar-refractivity contribution in [2.75, 3.05) is 0 Å². The van der Waals surface area contributed by atoms with Crippen LogP contribution in [0.1, 0.15) is 6.42 Å². The van der Waals surface area contributed by atoms with Gasteiger partial charge in [-0.2, -0.15) is 0 Å². The molecule has 0 saturated carbocycles. The van der Waals surface area contributed by atoms with Gasteiger partial charge >= 0.3 is 0 Å². The summed E-state index contributed by atoms with van der Waals surface area (Å²) in [5.41, 5.74) is 6.54. The molecule has 0 aromatic rings. The van der Waals surface area contributed by atoms with Crippen LogP contribution in [-0.2, 0) is 0 Å². The van der Waals surface area contributed by atoms with E-state index in [1.54, 1.807) is 6.20 Å². The summed E-state index contributed by atoms with van der Waals surface area (Å²) in [6, 6.07) is 0.354. The number of allylic oxidation sites excluding steroid dienone is 1. The molecule has 0 aromatic heterocycles.